The first-order valence-corrected chi connectivity index (χ1v) is 14.6. The van der Waals surface area contributed by atoms with Crippen LogP contribution in [0.3, 0.4) is 0 Å². The van der Waals surface area contributed by atoms with Crippen LogP contribution in [-0.2, 0) is 9.53 Å². The normalized spacial score (nSPS) is 16.1. The van der Waals surface area contributed by atoms with Crippen LogP contribution < -0.4 is 23.8 Å². The van der Waals surface area contributed by atoms with Gasteiger partial charge in [-0.25, -0.2) is 5.01 Å². The second-order valence-electron chi connectivity index (χ2n) is 10.5. The maximum Gasteiger partial charge on any atom is 0.321 e. The first-order valence-electron chi connectivity index (χ1n) is 14.6. The summed E-state index contributed by atoms with van der Waals surface area (Å²) in [7, 11) is 4.44. The molecule has 0 saturated carbocycles. The van der Waals surface area contributed by atoms with E-state index in [0.717, 1.165) is 6.07 Å². The fraction of sp³-hybridized carbons (Fsp3) is 0.333. The molecule has 0 aromatic heterocycles. The lowest BCUT2D eigenvalue weighted by Gasteiger charge is -2.22. The number of carbonyl (C=O) groups excluding carboxylic acids is 1. The molecule has 2 heterocycles. The fourth-order valence-corrected chi connectivity index (χ4v) is 5.23. The van der Waals surface area contributed by atoms with Crippen molar-refractivity contribution >= 4 is 23.0 Å². The molecule has 49 heavy (non-hydrogen) atoms. The van der Waals surface area contributed by atoms with E-state index in [1.54, 1.807) is 30.3 Å². The van der Waals surface area contributed by atoms with Crippen LogP contribution in [0.4, 0.5) is 11.4 Å². The number of rotatable bonds is 12. The molecule has 2 aliphatic heterocycles. The average molecular weight is 682 g/mol. The Morgan fingerprint density at radius 2 is 1.55 bits per heavy atom. The monoisotopic (exact) mass is 681 g/mol. The Balaban J connectivity index is 1.45. The SMILES string of the molecule is COc1cc(C2CC(c3cccc(Oc4cc(O/N=[N+](\[O-])N5CCOCC5)c([N+](=O)[O-])cc4[N+](=O)[O-])c3)=NN2C(C)=O)cc(OC)c1OC. The minimum Gasteiger partial charge on any atom is -0.569 e. The van der Waals surface area contributed by atoms with E-state index in [2.05, 4.69) is 10.4 Å². The molecule has 1 amide bonds. The van der Waals surface area contributed by atoms with Gasteiger partial charge in [-0.2, -0.15) is 5.10 Å². The van der Waals surface area contributed by atoms with Gasteiger partial charge in [0.15, 0.2) is 11.5 Å². The van der Waals surface area contributed by atoms with Crippen molar-refractivity contribution in [1.82, 2.24) is 10.0 Å². The number of hydrazone groups is 1. The Morgan fingerprint density at radius 3 is 2.14 bits per heavy atom. The van der Waals surface area contributed by atoms with Gasteiger partial charge in [0.1, 0.15) is 24.9 Å². The van der Waals surface area contributed by atoms with E-state index in [1.165, 1.54) is 44.3 Å². The van der Waals surface area contributed by atoms with E-state index in [0.29, 0.717) is 40.2 Å². The number of nitro benzene ring substituents is 2. The van der Waals surface area contributed by atoms with Gasteiger partial charge in [-0.3, -0.25) is 29.9 Å². The van der Waals surface area contributed by atoms with Gasteiger partial charge in [0.25, 0.3) is 0 Å². The molecule has 2 aliphatic rings. The highest BCUT2D eigenvalue weighted by atomic mass is 16.7. The van der Waals surface area contributed by atoms with E-state index in [4.69, 9.17) is 28.5 Å². The van der Waals surface area contributed by atoms with Gasteiger partial charge >= 0.3 is 11.4 Å². The molecule has 3 aromatic carbocycles. The van der Waals surface area contributed by atoms with Crippen LogP contribution in [0.5, 0.6) is 34.5 Å². The van der Waals surface area contributed by atoms with Crippen molar-refractivity contribution in [2.45, 2.75) is 19.4 Å². The number of nitrogens with zero attached hydrogens (tertiary/aromatic N) is 7. The third-order valence-electron chi connectivity index (χ3n) is 7.57. The van der Waals surface area contributed by atoms with E-state index in [1.807, 2.05) is 0 Å². The second-order valence-corrected chi connectivity index (χ2v) is 10.5. The van der Waals surface area contributed by atoms with E-state index in [9.17, 15) is 30.2 Å². The molecule has 0 spiro atoms. The van der Waals surface area contributed by atoms with Crippen LogP contribution >= 0.6 is 0 Å². The van der Waals surface area contributed by atoms with E-state index < -0.39 is 38.8 Å². The average Bonchev–Trinajstić information content (AvgIpc) is 3.56. The highest BCUT2D eigenvalue weighted by molar-refractivity contribution is 6.03. The number of nitro groups is 2. The van der Waals surface area contributed by atoms with Crippen molar-refractivity contribution in [3.63, 3.8) is 0 Å². The van der Waals surface area contributed by atoms with Gasteiger partial charge in [-0.05, 0) is 29.8 Å². The quantitative estimate of drug-likeness (QED) is 0.111. The number of amides is 1. The van der Waals surface area contributed by atoms with Crippen molar-refractivity contribution in [2.24, 2.45) is 10.4 Å². The predicted molar refractivity (Wildman–Crippen MR) is 168 cm³/mol. The zero-order valence-corrected chi connectivity index (χ0v) is 26.8. The van der Waals surface area contributed by atoms with Crippen LogP contribution in [0.25, 0.3) is 0 Å². The van der Waals surface area contributed by atoms with Crippen molar-refractivity contribution in [1.29, 1.82) is 0 Å². The molecule has 0 aliphatic carbocycles. The van der Waals surface area contributed by atoms with Gasteiger partial charge in [0, 0.05) is 25.0 Å². The Bertz CT molecular complexity index is 1800. The molecule has 1 saturated heterocycles. The van der Waals surface area contributed by atoms with E-state index in [-0.39, 0.29) is 49.4 Å². The lowest BCUT2D eigenvalue weighted by atomic mass is 9.97. The Morgan fingerprint density at radius 1 is 0.898 bits per heavy atom. The summed E-state index contributed by atoms with van der Waals surface area (Å²) in [5, 5.41) is 46.6. The standard InChI is InChI=1S/C30H31N7O12/c1-18(38)34-23(20-13-28(44-2)30(46-4)29(14-20)45-3)15-22(31-34)19-6-5-7-21(12-19)48-26-17-27(25(36(41)42)16-24(26)35(39)40)49-32-37(43)33-8-10-47-11-9-33/h5-7,12-14,16-17,23H,8-11,15H2,1-4H3/b37-32-. The van der Waals surface area contributed by atoms with Gasteiger partial charge in [-0.1, -0.05) is 12.1 Å². The third-order valence-corrected chi connectivity index (χ3v) is 7.57. The molecule has 3 aromatic rings. The number of benzene rings is 3. The number of carbonyl (C=O) groups is 1. The topological polar surface area (TPSA) is 216 Å². The largest absolute Gasteiger partial charge is 0.569 e. The summed E-state index contributed by atoms with van der Waals surface area (Å²) >= 11 is 0. The van der Waals surface area contributed by atoms with Crippen LogP contribution in [-0.4, -0.2) is 84.1 Å². The van der Waals surface area contributed by atoms with Crippen molar-refractivity contribution in [3.8, 4) is 34.5 Å². The van der Waals surface area contributed by atoms with Crippen LogP contribution in [0.1, 0.15) is 30.5 Å². The van der Waals surface area contributed by atoms with Gasteiger partial charge in [0.05, 0.1) is 61.1 Å². The molecular formula is C30H31N7O12. The Hall–Kier alpha value is -6.24. The zero-order chi connectivity index (χ0) is 35.2. The number of methoxy groups -OCH3 is 3. The lowest BCUT2D eigenvalue weighted by molar-refractivity contribution is -0.710. The summed E-state index contributed by atoms with van der Waals surface area (Å²) < 4.78 is 27.4. The number of hydrogen-bond acceptors (Lipinski definition) is 14. The smallest absolute Gasteiger partial charge is 0.321 e. The van der Waals surface area contributed by atoms with Gasteiger partial charge in [-0.15, -0.1) is 5.01 Å². The molecule has 19 heteroatoms. The third kappa shape index (κ3) is 7.35. The molecule has 1 unspecified atom stereocenters. The number of hydrogen-bond donors (Lipinski definition) is 0. The lowest BCUT2D eigenvalue weighted by Crippen LogP contribution is -2.40. The van der Waals surface area contributed by atoms with E-state index >= 15 is 0 Å². The summed E-state index contributed by atoms with van der Waals surface area (Å²) in [6.07, 6.45) is 0.272. The van der Waals surface area contributed by atoms with Crippen molar-refractivity contribution in [3.05, 3.63) is 85.1 Å². The van der Waals surface area contributed by atoms with Gasteiger partial charge in [0.2, 0.25) is 28.4 Å². The summed E-state index contributed by atoms with van der Waals surface area (Å²) in [4.78, 5) is 39.8. The number of ether oxygens (including phenoxy) is 5. The molecule has 1 atom stereocenters. The first kappa shape index (κ1) is 34.1. The fourth-order valence-electron chi connectivity index (χ4n) is 5.23. The van der Waals surface area contributed by atoms with Crippen LogP contribution in [0, 0.1) is 25.4 Å². The summed E-state index contributed by atoms with van der Waals surface area (Å²) in [5.74, 6) is -0.0345. The minimum atomic E-state index is -0.907. The molecular weight excluding hydrogens is 650 g/mol. The van der Waals surface area contributed by atoms with Crippen molar-refractivity contribution in [2.75, 3.05) is 47.6 Å². The zero-order valence-electron chi connectivity index (χ0n) is 26.8. The minimum absolute atomic E-state index is 0.101. The Kier molecular flexibility index (Phi) is 10.2. The number of morpholine rings is 1. The Labute approximate surface area is 278 Å². The summed E-state index contributed by atoms with van der Waals surface area (Å²) in [6, 6.07) is 10.9. The second kappa shape index (κ2) is 14.7. The highest BCUT2D eigenvalue weighted by Crippen LogP contribution is 2.44. The highest BCUT2D eigenvalue weighted by Gasteiger charge is 2.34. The number of hydrazine groups is 1. The first-order chi connectivity index (χ1) is 23.5. The maximum atomic E-state index is 12.7. The predicted octanol–water partition coefficient (Wildman–Crippen LogP) is 4.52. The maximum absolute atomic E-state index is 12.7. The summed E-state index contributed by atoms with van der Waals surface area (Å²) in [5.41, 5.74) is 0.149. The molecule has 0 bridgehead atoms. The summed E-state index contributed by atoms with van der Waals surface area (Å²) in [6.45, 7) is 2.34. The molecule has 19 nitrogen and oxygen atoms in total. The molecule has 0 radical (unpaired) electrons. The molecule has 258 valence electrons. The van der Waals surface area contributed by atoms with Crippen LogP contribution in [0.15, 0.2) is 58.9 Å². The molecule has 0 N–H and O–H groups in total. The molecule has 5 rings (SSSR count). The van der Waals surface area contributed by atoms with Crippen molar-refractivity contribution < 1.29 is 48.1 Å². The van der Waals surface area contributed by atoms with Gasteiger partial charge < -0.3 is 28.9 Å². The molecule has 1 fully saturated rings. The van der Waals surface area contributed by atoms with Crippen LogP contribution in [0.2, 0.25) is 0 Å².